The molecule has 2 aromatic rings. The molecule has 9 heteroatoms. The number of piperazine rings is 1. The van der Waals surface area contributed by atoms with Crippen molar-refractivity contribution in [2.75, 3.05) is 43.5 Å². The van der Waals surface area contributed by atoms with Gasteiger partial charge in [0.15, 0.2) is 0 Å². The normalized spacial score (nSPS) is 14.8. The molecule has 1 aliphatic heterocycles. The fourth-order valence-corrected chi connectivity index (χ4v) is 4.22. The Kier molecular flexibility index (Phi) is 7.27. The number of amides is 1. The van der Waals surface area contributed by atoms with Gasteiger partial charge in [-0.15, -0.1) is 0 Å². The predicted octanol–water partition coefficient (Wildman–Crippen LogP) is 2.35. The Morgan fingerprint density at radius 3 is 2.55 bits per heavy atom. The second kappa shape index (κ2) is 9.89. The first-order valence-electron chi connectivity index (χ1n) is 9.82. The van der Waals surface area contributed by atoms with Gasteiger partial charge in [0.25, 0.3) is 6.20 Å². The van der Waals surface area contributed by atoms with Crippen LogP contribution in [0.25, 0.3) is 5.32 Å². The van der Waals surface area contributed by atoms with Crippen molar-refractivity contribution in [3.8, 4) is 0 Å². The van der Waals surface area contributed by atoms with Crippen LogP contribution in [0.3, 0.4) is 0 Å². The maximum absolute atomic E-state index is 12.4. The fraction of sp³-hybridized carbons (Fsp3) is 0.500. The van der Waals surface area contributed by atoms with Gasteiger partial charge in [0.2, 0.25) is 10.4 Å². The van der Waals surface area contributed by atoms with Crippen LogP contribution >= 0.6 is 11.8 Å². The SMILES string of the molecule is CCN1CCN([n+]2cc([N-]C(=O)CCSC(=O)c3c(C)cccc3C)on2)CC1. The van der Waals surface area contributed by atoms with E-state index in [1.165, 1.54) is 0 Å². The van der Waals surface area contributed by atoms with E-state index in [0.717, 1.165) is 61.2 Å². The van der Waals surface area contributed by atoms with Crippen LogP contribution in [-0.4, -0.2) is 59.7 Å². The summed E-state index contributed by atoms with van der Waals surface area (Å²) < 4.78 is 5.17. The highest BCUT2D eigenvalue weighted by molar-refractivity contribution is 8.14. The molecule has 3 rings (SSSR count). The summed E-state index contributed by atoms with van der Waals surface area (Å²) in [5.41, 5.74) is 2.62. The fourth-order valence-electron chi connectivity index (χ4n) is 3.29. The zero-order valence-corrected chi connectivity index (χ0v) is 17.9. The Morgan fingerprint density at radius 2 is 1.90 bits per heavy atom. The molecular formula is C20H27N5O3S. The molecule has 0 saturated carbocycles. The summed E-state index contributed by atoms with van der Waals surface area (Å²) in [7, 11) is 0. The Hall–Kier alpha value is -2.39. The smallest absolute Gasteiger partial charge is 0.257 e. The van der Waals surface area contributed by atoms with Crippen LogP contribution in [0.4, 0.5) is 5.88 Å². The third-order valence-electron chi connectivity index (χ3n) is 5.00. The van der Waals surface area contributed by atoms with Gasteiger partial charge in [-0.25, -0.2) is 0 Å². The van der Waals surface area contributed by atoms with Crippen molar-refractivity contribution in [1.82, 2.24) is 10.2 Å². The highest BCUT2D eigenvalue weighted by Crippen LogP contribution is 2.22. The van der Waals surface area contributed by atoms with Crippen molar-refractivity contribution in [1.29, 1.82) is 0 Å². The number of hydrogen-bond donors (Lipinski definition) is 0. The number of hydrogen-bond acceptors (Lipinski definition) is 7. The van der Waals surface area contributed by atoms with Crippen LogP contribution in [-0.2, 0) is 4.79 Å². The Balaban J connectivity index is 1.44. The molecule has 1 amide bonds. The van der Waals surface area contributed by atoms with Gasteiger partial charge in [-0.3, -0.25) is 9.69 Å². The summed E-state index contributed by atoms with van der Waals surface area (Å²) >= 11 is 1.14. The minimum absolute atomic E-state index is 0.0165. The molecule has 1 fully saturated rings. The number of benzene rings is 1. The van der Waals surface area contributed by atoms with E-state index >= 15 is 0 Å². The lowest BCUT2D eigenvalue weighted by Crippen LogP contribution is -2.65. The van der Waals surface area contributed by atoms with Crippen molar-refractivity contribution in [3.63, 3.8) is 0 Å². The molecule has 1 aliphatic rings. The average Bonchev–Trinajstić information content (AvgIpc) is 3.16. The molecule has 0 unspecified atom stereocenters. The molecule has 156 valence electrons. The van der Waals surface area contributed by atoms with Crippen LogP contribution in [0, 0.1) is 13.8 Å². The van der Waals surface area contributed by atoms with Gasteiger partial charge in [0, 0.05) is 24.4 Å². The Labute approximate surface area is 175 Å². The highest BCUT2D eigenvalue weighted by atomic mass is 32.2. The van der Waals surface area contributed by atoms with Gasteiger partial charge in [-0.2, -0.15) is 5.01 Å². The van der Waals surface area contributed by atoms with Crippen molar-refractivity contribution in [2.45, 2.75) is 27.2 Å². The number of nitrogens with zero attached hydrogens (tertiary/aromatic N) is 5. The molecule has 0 bridgehead atoms. The molecule has 0 atom stereocenters. The molecule has 1 aromatic carbocycles. The molecule has 0 aliphatic carbocycles. The lowest BCUT2D eigenvalue weighted by molar-refractivity contribution is -0.759. The molecule has 8 nitrogen and oxygen atoms in total. The quantitative estimate of drug-likeness (QED) is 0.639. The van der Waals surface area contributed by atoms with Crippen molar-refractivity contribution < 1.29 is 18.9 Å². The summed E-state index contributed by atoms with van der Waals surface area (Å²) in [6.07, 6.45) is 1.78. The minimum atomic E-state index is -0.328. The van der Waals surface area contributed by atoms with E-state index in [2.05, 4.69) is 27.4 Å². The number of aromatic nitrogens is 2. The van der Waals surface area contributed by atoms with Crippen molar-refractivity contribution >= 4 is 28.7 Å². The third-order valence-corrected chi connectivity index (χ3v) is 5.87. The number of carbonyl (C=O) groups excluding carboxylic acids is 2. The number of likely N-dealkylation sites (N-methyl/N-ethyl adjacent to an activating group) is 1. The van der Waals surface area contributed by atoms with E-state index in [-0.39, 0.29) is 23.3 Å². The van der Waals surface area contributed by atoms with Crippen LogP contribution < -0.4 is 9.80 Å². The highest BCUT2D eigenvalue weighted by Gasteiger charge is 2.23. The summed E-state index contributed by atoms with van der Waals surface area (Å²) in [4.78, 5) is 28.5. The summed E-state index contributed by atoms with van der Waals surface area (Å²) in [5, 5.41) is 9.95. The predicted molar refractivity (Wildman–Crippen MR) is 112 cm³/mol. The standard InChI is InChI=1S/C20H27N5O3S/c1-4-23-9-11-24(12-10-23)25-14-18(28-22-25)21-17(26)8-13-29-20(27)19-15(2)6-5-7-16(19)3/h5-7,14H,4,8-13H2,1-3H3. The zero-order chi connectivity index (χ0) is 20.8. The molecule has 0 radical (unpaired) electrons. The van der Waals surface area contributed by atoms with Crippen LogP contribution in [0.15, 0.2) is 28.9 Å². The molecular weight excluding hydrogens is 390 g/mol. The van der Waals surface area contributed by atoms with Gasteiger partial charge in [0.1, 0.15) is 5.88 Å². The van der Waals surface area contributed by atoms with E-state index in [1.54, 1.807) is 11.0 Å². The maximum atomic E-state index is 12.4. The summed E-state index contributed by atoms with van der Waals surface area (Å²) in [5.74, 6) is 0.229. The first-order chi connectivity index (χ1) is 14.0. The average molecular weight is 418 g/mol. The minimum Gasteiger partial charge on any atom is -0.588 e. The lowest BCUT2D eigenvalue weighted by atomic mass is 10.0. The first-order valence-corrected chi connectivity index (χ1v) is 10.8. The second-order valence-electron chi connectivity index (χ2n) is 7.01. The van der Waals surface area contributed by atoms with Gasteiger partial charge < -0.3 is 14.6 Å². The molecule has 29 heavy (non-hydrogen) atoms. The number of thioether (sulfide) groups is 1. The van der Waals surface area contributed by atoms with Crippen LogP contribution in [0.5, 0.6) is 0 Å². The monoisotopic (exact) mass is 417 g/mol. The van der Waals surface area contributed by atoms with E-state index in [1.807, 2.05) is 32.0 Å². The van der Waals surface area contributed by atoms with Gasteiger partial charge in [0.05, 0.1) is 23.8 Å². The molecule has 2 heterocycles. The largest absolute Gasteiger partial charge is 0.588 e. The molecule has 0 spiro atoms. The van der Waals surface area contributed by atoms with Crippen LogP contribution in [0.1, 0.15) is 34.8 Å². The Bertz CT molecular complexity index is 841. The summed E-state index contributed by atoms with van der Waals surface area (Å²) in [6.45, 7) is 10.6. The first kappa shape index (κ1) is 21.3. The molecule has 0 N–H and O–H groups in total. The number of rotatable bonds is 7. The molecule has 1 aromatic heterocycles. The van der Waals surface area contributed by atoms with E-state index in [4.69, 9.17) is 4.52 Å². The van der Waals surface area contributed by atoms with E-state index < -0.39 is 0 Å². The summed E-state index contributed by atoms with van der Waals surface area (Å²) in [6, 6.07) is 5.77. The molecule has 1 saturated heterocycles. The van der Waals surface area contributed by atoms with Crippen LogP contribution in [0.2, 0.25) is 0 Å². The van der Waals surface area contributed by atoms with Crippen molar-refractivity contribution in [3.05, 3.63) is 46.4 Å². The van der Waals surface area contributed by atoms with E-state index in [0.29, 0.717) is 5.75 Å². The number of carbonyl (C=O) groups is 2. The topological polar surface area (TPSA) is 84.6 Å². The lowest BCUT2D eigenvalue weighted by Gasteiger charge is -2.28. The van der Waals surface area contributed by atoms with Gasteiger partial charge >= 0.3 is 0 Å². The van der Waals surface area contributed by atoms with Crippen molar-refractivity contribution in [2.24, 2.45) is 0 Å². The maximum Gasteiger partial charge on any atom is 0.257 e. The van der Waals surface area contributed by atoms with Gasteiger partial charge in [-0.05, 0) is 37.9 Å². The second-order valence-corrected chi connectivity index (χ2v) is 8.07. The Morgan fingerprint density at radius 1 is 1.21 bits per heavy atom. The number of aryl methyl sites for hydroxylation is 2. The third kappa shape index (κ3) is 5.57. The van der Waals surface area contributed by atoms with Gasteiger partial charge in [-0.1, -0.05) is 36.9 Å². The van der Waals surface area contributed by atoms with E-state index in [9.17, 15) is 9.59 Å². The zero-order valence-electron chi connectivity index (χ0n) is 17.1.